The van der Waals surface area contributed by atoms with Gasteiger partial charge in [-0.3, -0.25) is 0 Å². The zero-order valence-corrected chi connectivity index (χ0v) is 15.6. The third-order valence-corrected chi connectivity index (χ3v) is 4.88. The molecular formula is C23H22N2O2. The van der Waals surface area contributed by atoms with Gasteiger partial charge in [0.05, 0.1) is 18.0 Å². The Hall–Kier alpha value is -3.14. The second kappa shape index (κ2) is 7.23. The van der Waals surface area contributed by atoms with Crippen molar-refractivity contribution in [2.75, 3.05) is 6.61 Å². The molecule has 0 atom stereocenters. The lowest BCUT2D eigenvalue weighted by Gasteiger charge is -2.10. The van der Waals surface area contributed by atoms with Gasteiger partial charge in [0.1, 0.15) is 0 Å². The molecule has 136 valence electrons. The molecule has 1 heterocycles. The Morgan fingerprint density at radius 2 is 1.85 bits per heavy atom. The molecule has 0 spiro atoms. The zero-order valence-electron chi connectivity index (χ0n) is 15.6. The average Bonchev–Trinajstić information content (AvgIpc) is 3.25. The minimum Gasteiger partial charge on any atom is -0.461 e. The number of para-hydroxylation sites is 1. The van der Waals surface area contributed by atoms with Gasteiger partial charge < -0.3 is 4.74 Å². The number of allylic oxidation sites excluding steroid dienone is 1. The fraction of sp³-hybridized carbons (Fsp3) is 0.217. The number of aromatic nitrogens is 2. The van der Waals surface area contributed by atoms with Gasteiger partial charge in [0.25, 0.3) is 0 Å². The van der Waals surface area contributed by atoms with Crippen LogP contribution in [0.5, 0.6) is 0 Å². The maximum Gasteiger partial charge on any atom is 0.359 e. The highest BCUT2D eigenvalue weighted by atomic mass is 16.5. The van der Waals surface area contributed by atoms with E-state index in [-0.39, 0.29) is 5.97 Å². The van der Waals surface area contributed by atoms with Crippen molar-refractivity contribution in [2.24, 2.45) is 0 Å². The smallest absolute Gasteiger partial charge is 0.359 e. The number of hydrogen-bond acceptors (Lipinski definition) is 3. The summed E-state index contributed by atoms with van der Waals surface area (Å²) in [5, 5.41) is 4.67. The number of carbonyl (C=O) groups excluding carboxylic acids is 1. The summed E-state index contributed by atoms with van der Waals surface area (Å²) in [6.45, 7) is 4.22. The summed E-state index contributed by atoms with van der Waals surface area (Å²) in [5.41, 5.74) is 6.90. The predicted molar refractivity (Wildman–Crippen MR) is 107 cm³/mol. The number of fused-ring (bicyclic) bond motifs is 1. The SMILES string of the molecule is CCOC(=O)c1nn(-c2ccccc2C)c2c1CC/C2=C\c1ccccc1. The first-order valence-electron chi connectivity index (χ1n) is 9.30. The molecule has 4 nitrogen and oxygen atoms in total. The molecule has 0 saturated heterocycles. The molecule has 4 rings (SSSR count). The van der Waals surface area contributed by atoms with E-state index in [1.165, 1.54) is 5.57 Å². The maximum atomic E-state index is 12.5. The Labute approximate surface area is 159 Å². The van der Waals surface area contributed by atoms with E-state index in [4.69, 9.17) is 4.74 Å². The maximum absolute atomic E-state index is 12.5. The zero-order chi connectivity index (χ0) is 18.8. The summed E-state index contributed by atoms with van der Waals surface area (Å²) in [6, 6.07) is 18.4. The molecular weight excluding hydrogens is 336 g/mol. The van der Waals surface area contributed by atoms with Crippen molar-refractivity contribution < 1.29 is 9.53 Å². The molecule has 3 aromatic rings. The molecule has 0 unspecified atom stereocenters. The van der Waals surface area contributed by atoms with E-state index in [2.05, 4.69) is 36.3 Å². The van der Waals surface area contributed by atoms with Gasteiger partial charge in [-0.25, -0.2) is 9.48 Å². The van der Waals surface area contributed by atoms with Crippen LogP contribution in [0.1, 0.15) is 46.2 Å². The van der Waals surface area contributed by atoms with E-state index in [0.717, 1.165) is 40.9 Å². The van der Waals surface area contributed by atoms with E-state index in [9.17, 15) is 4.79 Å². The number of nitrogens with zero attached hydrogens (tertiary/aromatic N) is 2. The van der Waals surface area contributed by atoms with Crippen LogP contribution in [0.3, 0.4) is 0 Å². The second-order valence-electron chi connectivity index (χ2n) is 6.67. The molecule has 2 aromatic carbocycles. The van der Waals surface area contributed by atoms with Crippen molar-refractivity contribution in [2.45, 2.75) is 26.7 Å². The molecule has 27 heavy (non-hydrogen) atoms. The summed E-state index contributed by atoms with van der Waals surface area (Å²) >= 11 is 0. The molecule has 4 heteroatoms. The number of benzene rings is 2. The van der Waals surface area contributed by atoms with Crippen molar-refractivity contribution in [3.63, 3.8) is 0 Å². The Morgan fingerprint density at radius 3 is 2.59 bits per heavy atom. The van der Waals surface area contributed by atoms with Crippen LogP contribution < -0.4 is 0 Å². The lowest BCUT2D eigenvalue weighted by Crippen LogP contribution is -2.09. The fourth-order valence-electron chi connectivity index (χ4n) is 3.62. The van der Waals surface area contributed by atoms with Crippen LogP contribution >= 0.6 is 0 Å². The highest BCUT2D eigenvalue weighted by Crippen LogP contribution is 2.38. The van der Waals surface area contributed by atoms with Crippen molar-refractivity contribution >= 4 is 17.6 Å². The molecule has 0 N–H and O–H groups in total. The van der Waals surface area contributed by atoms with Gasteiger partial charge in [0.15, 0.2) is 5.69 Å². The molecule has 1 aromatic heterocycles. The number of hydrogen-bond donors (Lipinski definition) is 0. The fourth-order valence-corrected chi connectivity index (χ4v) is 3.62. The summed E-state index contributed by atoms with van der Waals surface area (Å²) in [5.74, 6) is -0.345. The first-order valence-corrected chi connectivity index (χ1v) is 9.30. The molecule has 1 aliphatic rings. The van der Waals surface area contributed by atoms with Crippen molar-refractivity contribution in [1.82, 2.24) is 9.78 Å². The summed E-state index contributed by atoms with van der Waals surface area (Å²) < 4.78 is 7.17. The molecule has 1 aliphatic carbocycles. The highest BCUT2D eigenvalue weighted by molar-refractivity contribution is 5.94. The van der Waals surface area contributed by atoms with E-state index in [1.54, 1.807) is 0 Å². The summed E-state index contributed by atoms with van der Waals surface area (Å²) in [4.78, 5) is 12.5. The van der Waals surface area contributed by atoms with E-state index < -0.39 is 0 Å². The molecule has 0 amide bonds. The van der Waals surface area contributed by atoms with Crippen LogP contribution in [0.15, 0.2) is 54.6 Å². The number of carbonyl (C=O) groups is 1. The number of esters is 1. The van der Waals surface area contributed by atoms with Crippen molar-refractivity contribution in [1.29, 1.82) is 0 Å². The quantitative estimate of drug-likeness (QED) is 0.627. The lowest BCUT2D eigenvalue weighted by atomic mass is 10.1. The van der Waals surface area contributed by atoms with Gasteiger partial charge in [0, 0.05) is 5.56 Å². The Balaban J connectivity index is 1.90. The Bertz CT molecular complexity index is 1020. The first-order chi connectivity index (χ1) is 13.2. The summed E-state index contributed by atoms with van der Waals surface area (Å²) in [7, 11) is 0. The van der Waals surface area contributed by atoms with Crippen LogP contribution in [0.2, 0.25) is 0 Å². The Morgan fingerprint density at radius 1 is 1.11 bits per heavy atom. The lowest BCUT2D eigenvalue weighted by molar-refractivity contribution is 0.0517. The second-order valence-corrected chi connectivity index (χ2v) is 6.67. The van der Waals surface area contributed by atoms with Gasteiger partial charge in [-0.2, -0.15) is 5.10 Å². The molecule has 0 bridgehead atoms. The molecule has 0 fully saturated rings. The van der Waals surface area contributed by atoms with Gasteiger partial charge in [-0.1, -0.05) is 48.5 Å². The average molecular weight is 358 g/mol. The monoisotopic (exact) mass is 358 g/mol. The van der Waals surface area contributed by atoms with Crippen LogP contribution in [-0.2, 0) is 11.2 Å². The van der Waals surface area contributed by atoms with Crippen LogP contribution in [0, 0.1) is 6.92 Å². The third kappa shape index (κ3) is 3.19. The normalized spacial score (nSPS) is 14.4. The van der Waals surface area contributed by atoms with Gasteiger partial charge in [0.2, 0.25) is 0 Å². The predicted octanol–water partition coefficient (Wildman–Crippen LogP) is 4.84. The van der Waals surface area contributed by atoms with Crippen molar-refractivity contribution in [3.8, 4) is 5.69 Å². The van der Waals surface area contributed by atoms with E-state index in [0.29, 0.717) is 12.3 Å². The minimum absolute atomic E-state index is 0.345. The van der Waals surface area contributed by atoms with Crippen LogP contribution in [-0.4, -0.2) is 22.4 Å². The first kappa shape index (κ1) is 17.3. The Kier molecular flexibility index (Phi) is 4.63. The molecule has 0 saturated carbocycles. The number of rotatable bonds is 4. The van der Waals surface area contributed by atoms with Crippen molar-refractivity contribution in [3.05, 3.63) is 82.7 Å². The third-order valence-electron chi connectivity index (χ3n) is 4.88. The number of ether oxygens (including phenoxy) is 1. The van der Waals surface area contributed by atoms with Crippen LogP contribution in [0.4, 0.5) is 0 Å². The van der Waals surface area contributed by atoms with Gasteiger partial charge in [-0.15, -0.1) is 0 Å². The summed E-state index contributed by atoms with van der Waals surface area (Å²) in [6.07, 6.45) is 3.88. The highest BCUT2D eigenvalue weighted by Gasteiger charge is 2.31. The topological polar surface area (TPSA) is 44.1 Å². The molecule has 0 aliphatic heterocycles. The van der Waals surface area contributed by atoms with Gasteiger partial charge >= 0.3 is 5.97 Å². The van der Waals surface area contributed by atoms with Gasteiger partial charge in [-0.05, 0) is 55.5 Å². The van der Waals surface area contributed by atoms with E-state index in [1.807, 2.05) is 48.0 Å². The van der Waals surface area contributed by atoms with Crippen LogP contribution in [0.25, 0.3) is 17.3 Å². The van der Waals surface area contributed by atoms with E-state index >= 15 is 0 Å². The standard InChI is InChI=1S/C23H22N2O2/c1-3-27-23(26)21-19-14-13-18(15-17-10-5-4-6-11-17)22(19)25(24-21)20-12-8-7-9-16(20)2/h4-12,15H,3,13-14H2,1-2H3/b18-15+. The largest absolute Gasteiger partial charge is 0.461 e. The molecule has 0 radical (unpaired) electrons. The number of aryl methyl sites for hydroxylation is 1. The minimum atomic E-state index is -0.345.